The summed E-state index contributed by atoms with van der Waals surface area (Å²) in [6.45, 7) is 1.45. The summed E-state index contributed by atoms with van der Waals surface area (Å²) in [6, 6.07) is 6.90. The van der Waals surface area contributed by atoms with Crippen molar-refractivity contribution in [2.45, 2.75) is 37.8 Å². The van der Waals surface area contributed by atoms with E-state index in [2.05, 4.69) is 20.5 Å². The van der Waals surface area contributed by atoms with Crippen LogP contribution < -0.4 is 5.32 Å². The second kappa shape index (κ2) is 7.81. The zero-order chi connectivity index (χ0) is 20.7. The number of fused-ring (bicyclic) bond motifs is 5. The number of aryl methyl sites for hydroxylation is 2. The average Bonchev–Trinajstić information content (AvgIpc) is 3.32. The van der Waals surface area contributed by atoms with Gasteiger partial charge >= 0.3 is 0 Å². The van der Waals surface area contributed by atoms with Crippen molar-refractivity contribution in [1.82, 2.24) is 19.6 Å². The molecule has 5 rings (SSSR count). The van der Waals surface area contributed by atoms with Crippen LogP contribution in [-0.2, 0) is 17.6 Å². The molecule has 0 saturated heterocycles. The van der Waals surface area contributed by atoms with Crippen molar-refractivity contribution in [1.29, 1.82) is 0 Å². The van der Waals surface area contributed by atoms with E-state index in [0.29, 0.717) is 16.4 Å². The Morgan fingerprint density at radius 1 is 1.17 bits per heavy atom. The number of carbonyl (C=O) groups excluding carboxylic acids is 2. The van der Waals surface area contributed by atoms with Crippen molar-refractivity contribution in [3.63, 3.8) is 0 Å². The van der Waals surface area contributed by atoms with Crippen LogP contribution in [0.3, 0.4) is 0 Å². The zero-order valence-electron chi connectivity index (χ0n) is 16.3. The summed E-state index contributed by atoms with van der Waals surface area (Å²) in [5.74, 6) is 0.103. The van der Waals surface area contributed by atoms with Crippen LogP contribution in [0.2, 0.25) is 0 Å². The van der Waals surface area contributed by atoms with Gasteiger partial charge in [-0.15, -0.1) is 21.5 Å². The second-order valence-electron chi connectivity index (χ2n) is 7.28. The normalized spacial score (nSPS) is 13.5. The fourth-order valence-corrected chi connectivity index (χ4v) is 5.81. The largest absolute Gasteiger partial charge is 0.326 e. The topological polar surface area (TPSA) is 89.2 Å². The lowest BCUT2D eigenvalue weighted by molar-refractivity contribution is -0.114. The van der Waals surface area contributed by atoms with E-state index in [1.165, 1.54) is 42.0 Å². The highest BCUT2D eigenvalue weighted by molar-refractivity contribution is 7.99. The summed E-state index contributed by atoms with van der Waals surface area (Å²) >= 11 is 3.12. The standard InChI is InChI=1S/C21H19N5O2S2/c1-12(27)23-14-8-6-13(7-9-14)16(28)10-29-21-25-24-19-18-15-4-2-3-5-17(15)30-20(18)22-11-26(19)21/h6-9,11H,2-5,10H2,1H3,(H,23,27). The molecular formula is C21H19N5O2S2. The molecule has 0 radical (unpaired) electrons. The fourth-order valence-electron chi connectivity index (χ4n) is 3.79. The summed E-state index contributed by atoms with van der Waals surface area (Å²) in [4.78, 5) is 30.8. The lowest BCUT2D eigenvalue weighted by Gasteiger charge is -2.10. The minimum Gasteiger partial charge on any atom is -0.326 e. The number of carbonyl (C=O) groups is 2. The molecule has 1 N–H and O–H groups in total. The second-order valence-corrected chi connectivity index (χ2v) is 9.31. The SMILES string of the molecule is CC(=O)Nc1ccc(C(=O)CSc2nnc3c4c5c(sc4ncn23)CCCC5)cc1. The van der Waals surface area contributed by atoms with Crippen LogP contribution in [0.25, 0.3) is 15.9 Å². The molecule has 9 heteroatoms. The van der Waals surface area contributed by atoms with E-state index < -0.39 is 0 Å². The quantitative estimate of drug-likeness (QED) is 0.373. The lowest BCUT2D eigenvalue weighted by atomic mass is 9.97. The third kappa shape index (κ3) is 3.48. The molecule has 1 aliphatic rings. The van der Waals surface area contributed by atoms with Gasteiger partial charge in [-0.05, 0) is 55.5 Å². The summed E-state index contributed by atoms with van der Waals surface area (Å²) in [6.07, 6.45) is 6.38. The van der Waals surface area contributed by atoms with Gasteiger partial charge in [-0.3, -0.25) is 14.0 Å². The molecule has 1 aromatic carbocycles. The van der Waals surface area contributed by atoms with Crippen molar-refractivity contribution in [3.8, 4) is 0 Å². The van der Waals surface area contributed by atoms with E-state index in [0.717, 1.165) is 28.7 Å². The molecule has 4 aromatic rings. The number of hydrogen-bond acceptors (Lipinski definition) is 7. The number of ketones is 1. The van der Waals surface area contributed by atoms with Crippen LogP contribution in [-0.4, -0.2) is 37.0 Å². The first kappa shape index (κ1) is 19.2. The highest BCUT2D eigenvalue weighted by Crippen LogP contribution is 2.37. The minimum absolute atomic E-state index is 0.00641. The van der Waals surface area contributed by atoms with Crippen LogP contribution in [0.15, 0.2) is 35.7 Å². The molecule has 0 fully saturated rings. The van der Waals surface area contributed by atoms with Crippen LogP contribution in [0.1, 0.15) is 40.6 Å². The van der Waals surface area contributed by atoms with E-state index in [-0.39, 0.29) is 17.4 Å². The number of aromatic nitrogens is 4. The van der Waals surface area contributed by atoms with Gasteiger partial charge in [-0.1, -0.05) is 11.8 Å². The maximum atomic E-state index is 12.6. The zero-order valence-corrected chi connectivity index (χ0v) is 18.0. The van der Waals surface area contributed by atoms with Gasteiger partial charge in [-0.25, -0.2) is 4.98 Å². The number of anilines is 1. The van der Waals surface area contributed by atoms with Gasteiger partial charge in [0.1, 0.15) is 11.2 Å². The molecule has 3 aromatic heterocycles. The molecular weight excluding hydrogens is 418 g/mol. The van der Waals surface area contributed by atoms with E-state index in [1.54, 1.807) is 41.9 Å². The minimum atomic E-state index is -0.141. The Bertz CT molecular complexity index is 1280. The summed E-state index contributed by atoms with van der Waals surface area (Å²) in [7, 11) is 0. The van der Waals surface area contributed by atoms with E-state index in [1.807, 2.05) is 4.40 Å². The lowest BCUT2D eigenvalue weighted by Crippen LogP contribution is -2.07. The molecule has 0 unspecified atom stereocenters. The number of nitrogens with one attached hydrogen (secondary N) is 1. The molecule has 0 bridgehead atoms. The van der Waals surface area contributed by atoms with Crippen molar-refractivity contribution < 1.29 is 9.59 Å². The molecule has 0 aliphatic heterocycles. The number of benzene rings is 1. The van der Waals surface area contributed by atoms with E-state index >= 15 is 0 Å². The number of hydrogen-bond donors (Lipinski definition) is 1. The first-order valence-corrected chi connectivity index (χ1v) is 11.6. The molecule has 0 saturated carbocycles. The third-order valence-electron chi connectivity index (χ3n) is 5.19. The highest BCUT2D eigenvalue weighted by atomic mass is 32.2. The van der Waals surface area contributed by atoms with Gasteiger partial charge in [0.05, 0.1) is 11.1 Å². The summed E-state index contributed by atoms with van der Waals surface area (Å²) in [5, 5.41) is 13.2. The van der Waals surface area contributed by atoms with Gasteiger partial charge < -0.3 is 5.32 Å². The monoisotopic (exact) mass is 437 g/mol. The molecule has 152 valence electrons. The number of amides is 1. The predicted octanol–water partition coefficient (Wildman–Crippen LogP) is 4.15. The van der Waals surface area contributed by atoms with E-state index in [9.17, 15) is 9.59 Å². The van der Waals surface area contributed by atoms with Crippen LogP contribution >= 0.6 is 23.1 Å². The number of thioether (sulfide) groups is 1. The summed E-state index contributed by atoms with van der Waals surface area (Å²) in [5.41, 5.74) is 3.47. The number of Topliss-reactive ketones (excluding diaryl/α,β-unsaturated/α-hetero) is 1. The fraction of sp³-hybridized carbons (Fsp3) is 0.286. The average molecular weight is 438 g/mol. The van der Waals surface area contributed by atoms with Crippen LogP contribution in [0.4, 0.5) is 5.69 Å². The molecule has 0 atom stereocenters. The Morgan fingerprint density at radius 3 is 2.77 bits per heavy atom. The molecule has 1 amide bonds. The molecule has 30 heavy (non-hydrogen) atoms. The molecule has 3 heterocycles. The van der Waals surface area contributed by atoms with Gasteiger partial charge in [0.2, 0.25) is 5.91 Å². The molecule has 1 aliphatic carbocycles. The number of nitrogens with zero attached hydrogens (tertiary/aromatic N) is 4. The summed E-state index contributed by atoms with van der Waals surface area (Å²) < 4.78 is 1.89. The maximum absolute atomic E-state index is 12.6. The Morgan fingerprint density at radius 2 is 1.97 bits per heavy atom. The first-order valence-electron chi connectivity index (χ1n) is 9.78. The highest BCUT2D eigenvalue weighted by Gasteiger charge is 2.21. The van der Waals surface area contributed by atoms with Gasteiger partial charge in [-0.2, -0.15) is 0 Å². The van der Waals surface area contributed by atoms with Gasteiger partial charge in [0.15, 0.2) is 16.6 Å². The Kier molecular flexibility index (Phi) is 5.00. The number of thiophene rings is 1. The first-order chi connectivity index (χ1) is 14.6. The van der Waals surface area contributed by atoms with Crippen molar-refractivity contribution in [2.75, 3.05) is 11.1 Å². The van der Waals surface area contributed by atoms with Gasteiger partial charge in [0.25, 0.3) is 0 Å². The Hall–Kier alpha value is -2.78. The maximum Gasteiger partial charge on any atom is 0.221 e. The molecule has 0 spiro atoms. The van der Waals surface area contributed by atoms with Crippen molar-refractivity contribution in [3.05, 3.63) is 46.6 Å². The van der Waals surface area contributed by atoms with Crippen LogP contribution in [0.5, 0.6) is 0 Å². The van der Waals surface area contributed by atoms with Crippen molar-refractivity contribution in [2.24, 2.45) is 0 Å². The van der Waals surface area contributed by atoms with Crippen molar-refractivity contribution >= 4 is 56.3 Å². The predicted molar refractivity (Wildman–Crippen MR) is 119 cm³/mol. The van der Waals surface area contributed by atoms with Gasteiger partial charge in [0, 0.05) is 23.1 Å². The molecule has 7 nitrogen and oxygen atoms in total. The third-order valence-corrected chi connectivity index (χ3v) is 7.33. The van der Waals surface area contributed by atoms with E-state index in [4.69, 9.17) is 0 Å². The Balaban J connectivity index is 1.37. The Labute approximate surface area is 180 Å². The van der Waals surface area contributed by atoms with Crippen LogP contribution in [0, 0.1) is 0 Å². The number of rotatable bonds is 5. The smallest absolute Gasteiger partial charge is 0.221 e.